The summed E-state index contributed by atoms with van der Waals surface area (Å²) in [7, 11) is 0. The maximum atomic E-state index is 10.4. The lowest BCUT2D eigenvalue weighted by atomic mass is 10.0. The van der Waals surface area contributed by atoms with Crippen molar-refractivity contribution in [3.63, 3.8) is 0 Å². The van der Waals surface area contributed by atoms with Crippen molar-refractivity contribution in [3.05, 3.63) is 34.3 Å². The van der Waals surface area contributed by atoms with Crippen molar-refractivity contribution in [1.82, 2.24) is 0 Å². The summed E-state index contributed by atoms with van der Waals surface area (Å²) in [5.74, 6) is -1.05. The van der Waals surface area contributed by atoms with Gasteiger partial charge in [-0.15, -0.1) is 0 Å². The van der Waals surface area contributed by atoms with Gasteiger partial charge in [-0.25, -0.2) is 0 Å². The minimum atomic E-state index is -1.05. The number of benzene rings is 1. The van der Waals surface area contributed by atoms with Crippen molar-refractivity contribution in [2.24, 2.45) is 0 Å². The molecule has 0 radical (unpaired) electrons. The molecule has 1 atom stereocenters. The molecule has 1 unspecified atom stereocenters. The van der Waals surface area contributed by atoms with E-state index in [-0.39, 0.29) is 6.42 Å². The van der Waals surface area contributed by atoms with Crippen molar-refractivity contribution in [2.45, 2.75) is 19.4 Å². The maximum absolute atomic E-state index is 10.4. The monoisotopic (exact) mass is 214 g/mol. The zero-order chi connectivity index (χ0) is 10.7. The van der Waals surface area contributed by atoms with Gasteiger partial charge in [0.05, 0.1) is 12.5 Å². The van der Waals surface area contributed by atoms with Gasteiger partial charge in [0, 0.05) is 5.02 Å². The lowest BCUT2D eigenvalue weighted by molar-refractivity contribution is -0.139. The summed E-state index contributed by atoms with van der Waals surface area (Å²) < 4.78 is 0. The highest BCUT2D eigenvalue weighted by Gasteiger charge is 2.14. The number of carboxylic acid groups (broad SMARTS) is 1. The highest BCUT2D eigenvalue weighted by atomic mass is 35.5. The van der Waals surface area contributed by atoms with Crippen LogP contribution in [0.4, 0.5) is 0 Å². The zero-order valence-electron chi connectivity index (χ0n) is 7.70. The Labute approximate surface area is 86.9 Å². The molecule has 0 bridgehead atoms. The molecule has 1 aromatic rings. The molecule has 14 heavy (non-hydrogen) atoms. The fourth-order valence-electron chi connectivity index (χ4n) is 1.19. The van der Waals surface area contributed by atoms with E-state index in [9.17, 15) is 9.90 Å². The van der Waals surface area contributed by atoms with Gasteiger partial charge in [0.1, 0.15) is 0 Å². The SMILES string of the molecule is Cc1ccc(Cl)c(C(O)CC(=O)O)c1. The van der Waals surface area contributed by atoms with Gasteiger partial charge >= 0.3 is 5.97 Å². The maximum Gasteiger partial charge on any atom is 0.306 e. The predicted molar refractivity (Wildman–Crippen MR) is 53.4 cm³/mol. The van der Waals surface area contributed by atoms with Crippen LogP contribution in [0.5, 0.6) is 0 Å². The first-order valence-electron chi connectivity index (χ1n) is 4.16. The van der Waals surface area contributed by atoms with Crippen molar-refractivity contribution in [2.75, 3.05) is 0 Å². The Balaban J connectivity index is 2.93. The zero-order valence-corrected chi connectivity index (χ0v) is 8.45. The summed E-state index contributed by atoms with van der Waals surface area (Å²) in [6.45, 7) is 1.85. The Hall–Kier alpha value is -1.06. The molecule has 0 aliphatic heterocycles. The van der Waals surface area contributed by atoms with Crippen LogP contribution in [0.1, 0.15) is 23.7 Å². The molecule has 0 amide bonds. The second-order valence-electron chi connectivity index (χ2n) is 3.14. The number of hydrogen-bond donors (Lipinski definition) is 2. The third-order valence-corrected chi connectivity index (χ3v) is 2.22. The van der Waals surface area contributed by atoms with Crippen molar-refractivity contribution < 1.29 is 15.0 Å². The Morgan fingerprint density at radius 2 is 2.21 bits per heavy atom. The second kappa shape index (κ2) is 4.44. The molecular formula is C10H11ClO3. The molecule has 0 aliphatic carbocycles. The van der Waals surface area contributed by atoms with Crippen molar-refractivity contribution >= 4 is 17.6 Å². The average Bonchev–Trinajstić information content (AvgIpc) is 2.08. The summed E-state index contributed by atoms with van der Waals surface area (Å²) >= 11 is 5.82. The van der Waals surface area contributed by atoms with E-state index in [0.29, 0.717) is 10.6 Å². The predicted octanol–water partition coefficient (Wildman–Crippen LogP) is 2.16. The molecule has 1 aromatic carbocycles. The number of rotatable bonds is 3. The average molecular weight is 215 g/mol. The third-order valence-electron chi connectivity index (χ3n) is 1.88. The largest absolute Gasteiger partial charge is 0.481 e. The number of halogens is 1. The Kier molecular flexibility index (Phi) is 3.49. The van der Waals surface area contributed by atoms with E-state index < -0.39 is 12.1 Å². The van der Waals surface area contributed by atoms with Gasteiger partial charge < -0.3 is 10.2 Å². The van der Waals surface area contributed by atoms with Gasteiger partial charge in [-0.3, -0.25) is 4.79 Å². The fraction of sp³-hybridized carbons (Fsp3) is 0.300. The number of aryl methyl sites for hydroxylation is 1. The van der Waals surface area contributed by atoms with Crippen LogP contribution in [-0.2, 0) is 4.79 Å². The molecule has 0 fully saturated rings. The molecule has 0 saturated heterocycles. The van der Waals surface area contributed by atoms with Crippen LogP contribution in [0.15, 0.2) is 18.2 Å². The van der Waals surface area contributed by atoms with Gasteiger partial charge in [0.2, 0.25) is 0 Å². The summed E-state index contributed by atoms with van der Waals surface area (Å²) in [5.41, 5.74) is 1.41. The molecule has 0 heterocycles. The van der Waals surface area contributed by atoms with Gasteiger partial charge in [-0.2, -0.15) is 0 Å². The molecule has 2 N–H and O–H groups in total. The van der Waals surface area contributed by atoms with Crippen LogP contribution in [0, 0.1) is 6.92 Å². The van der Waals surface area contributed by atoms with E-state index in [2.05, 4.69) is 0 Å². The molecule has 0 saturated carbocycles. The quantitative estimate of drug-likeness (QED) is 0.811. The van der Waals surface area contributed by atoms with Crippen molar-refractivity contribution in [1.29, 1.82) is 0 Å². The standard InChI is InChI=1S/C10H11ClO3/c1-6-2-3-8(11)7(4-6)9(12)5-10(13)14/h2-4,9,12H,5H2,1H3,(H,13,14). The topological polar surface area (TPSA) is 57.5 Å². The molecule has 76 valence electrons. The summed E-state index contributed by atoms with van der Waals surface area (Å²) in [5, 5.41) is 18.4. The van der Waals surface area contributed by atoms with Crippen LogP contribution in [0.3, 0.4) is 0 Å². The summed E-state index contributed by atoms with van der Waals surface area (Å²) in [4.78, 5) is 10.4. The number of carboxylic acids is 1. The molecule has 3 nitrogen and oxygen atoms in total. The van der Waals surface area contributed by atoms with Gasteiger partial charge in [0.15, 0.2) is 0 Å². The number of aliphatic hydroxyl groups is 1. The van der Waals surface area contributed by atoms with Gasteiger partial charge in [-0.1, -0.05) is 29.3 Å². The first-order valence-corrected chi connectivity index (χ1v) is 4.54. The van der Waals surface area contributed by atoms with E-state index in [1.807, 2.05) is 6.92 Å². The molecule has 1 rings (SSSR count). The first-order chi connectivity index (χ1) is 6.50. The number of aliphatic hydroxyl groups excluding tert-OH is 1. The third kappa shape index (κ3) is 2.72. The Bertz CT molecular complexity index is 349. The van der Waals surface area contributed by atoms with Gasteiger partial charge in [0.25, 0.3) is 0 Å². The molecular weight excluding hydrogens is 204 g/mol. The van der Waals surface area contributed by atoms with Crippen LogP contribution in [-0.4, -0.2) is 16.2 Å². The molecule has 4 heteroatoms. The van der Waals surface area contributed by atoms with E-state index in [1.165, 1.54) is 0 Å². The van der Waals surface area contributed by atoms with E-state index in [1.54, 1.807) is 18.2 Å². The highest BCUT2D eigenvalue weighted by molar-refractivity contribution is 6.31. The Morgan fingerprint density at radius 1 is 1.57 bits per heavy atom. The number of carbonyl (C=O) groups is 1. The lowest BCUT2D eigenvalue weighted by Crippen LogP contribution is -2.06. The summed E-state index contributed by atoms with van der Waals surface area (Å²) in [6, 6.07) is 5.15. The smallest absolute Gasteiger partial charge is 0.306 e. The highest BCUT2D eigenvalue weighted by Crippen LogP contribution is 2.26. The van der Waals surface area contributed by atoms with Crippen molar-refractivity contribution in [3.8, 4) is 0 Å². The minimum absolute atomic E-state index is 0.330. The Morgan fingerprint density at radius 3 is 2.79 bits per heavy atom. The van der Waals surface area contributed by atoms with E-state index in [0.717, 1.165) is 5.56 Å². The van der Waals surface area contributed by atoms with Gasteiger partial charge in [-0.05, 0) is 18.6 Å². The van der Waals surface area contributed by atoms with Crippen LogP contribution >= 0.6 is 11.6 Å². The van der Waals surface area contributed by atoms with E-state index >= 15 is 0 Å². The van der Waals surface area contributed by atoms with Crippen LogP contribution in [0.2, 0.25) is 5.02 Å². The molecule has 0 aromatic heterocycles. The first kappa shape index (κ1) is 11.0. The number of hydrogen-bond acceptors (Lipinski definition) is 2. The summed E-state index contributed by atoms with van der Waals surface area (Å²) in [6.07, 6.45) is -1.37. The second-order valence-corrected chi connectivity index (χ2v) is 3.55. The lowest BCUT2D eigenvalue weighted by Gasteiger charge is -2.10. The van der Waals surface area contributed by atoms with Crippen LogP contribution < -0.4 is 0 Å². The number of aliphatic carboxylic acids is 1. The fourth-order valence-corrected chi connectivity index (χ4v) is 1.44. The minimum Gasteiger partial charge on any atom is -0.481 e. The van der Waals surface area contributed by atoms with Crippen LogP contribution in [0.25, 0.3) is 0 Å². The normalized spacial score (nSPS) is 12.5. The molecule has 0 aliphatic rings. The molecule has 0 spiro atoms. The van der Waals surface area contributed by atoms with E-state index in [4.69, 9.17) is 16.7 Å².